The summed E-state index contributed by atoms with van der Waals surface area (Å²) in [5.41, 5.74) is 1.66. The van der Waals surface area contributed by atoms with Gasteiger partial charge in [0.1, 0.15) is 10.1 Å². The first-order valence-corrected chi connectivity index (χ1v) is 5.34. The molecule has 0 aromatic carbocycles. The van der Waals surface area contributed by atoms with Crippen molar-refractivity contribution in [2.75, 3.05) is 0 Å². The average Bonchev–Trinajstić information content (AvgIpc) is 2.28. The van der Waals surface area contributed by atoms with Gasteiger partial charge >= 0.3 is 0 Å². The Hall–Kier alpha value is 0.180. The van der Waals surface area contributed by atoms with Crippen molar-refractivity contribution in [1.29, 1.82) is 0 Å². The molecule has 12 heavy (non-hydrogen) atoms. The molecule has 0 saturated carbocycles. The number of hydrogen-bond acceptors (Lipinski definition) is 3. The van der Waals surface area contributed by atoms with Gasteiger partial charge in [-0.2, -0.15) is 0 Å². The molecule has 6 heteroatoms. The second-order valence-electron chi connectivity index (χ2n) is 2.19. The fourth-order valence-electron chi connectivity index (χ4n) is 0.919. The summed E-state index contributed by atoms with van der Waals surface area (Å²) < 4.78 is 3.45. The lowest BCUT2D eigenvalue weighted by Crippen LogP contribution is -1.84. The molecule has 62 valence electrons. The molecule has 0 fully saturated rings. The maximum Gasteiger partial charge on any atom is 0.169 e. The molecule has 0 aliphatic rings. The number of halogens is 2. The highest BCUT2D eigenvalue weighted by molar-refractivity contribution is 14.1. The largest absolute Gasteiger partial charge is 0.275 e. The van der Waals surface area contributed by atoms with Crippen LogP contribution in [0.4, 0.5) is 0 Å². The monoisotopic (exact) mass is 355 g/mol. The van der Waals surface area contributed by atoms with Gasteiger partial charge in [0.2, 0.25) is 0 Å². The number of rotatable bonds is 0. The number of fused-ring (bicyclic) bond motifs is 1. The summed E-state index contributed by atoms with van der Waals surface area (Å²) in [4.78, 5) is 8.45. The molecular formula is C6H3BrIN3S. The predicted octanol–water partition coefficient (Wildman–Crippen LogP) is 2.49. The zero-order chi connectivity index (χ0) is 8.72. The van der Waals surface area contributed by atoms with E-state index in [0.717, 1.165) is 19.3 Å². The second-order valence-corrected chi connectivity index (χ2v) is 4.59. The van der Waals surface area contributed by atoms with Gasteiger partial charge in [0.05, 0.1) is 9.77 Å². The van der Waals surface area contributed by atoms with Crippen molar-refractivity contribution in [3.63, 3.8) is 0 Å². The van der Waals surface area contributed by atoms with Crippen molar-refractivity contribution in [2.24, 2.45) is 0 Å². The van der Waals surface area contributed by atoms with Gasteiger partial charge in [-0.15, -0.1) is 0 Å². The summed E-state index contributed by atoms with van der Waals surface area (Å²) in [5, 5.41) is 0. The van der Waals surface area contributed by atoms with Crippen molar-refractivity contribution in [1.82, 2.24) is 13.9 Å². The quantitative estimate of drug-likeness (QED) is 0.581. The minimum atomic E-state index is 0.743. The summed E-state index contributed by atoms with van der Waals surface area (Å²) in [6.45, 7) is 0. The molecule has 2 aromatic rings. The van der Waals surface area contributed by atoms with E-state index in [-0.39, 0.29) is 0 Å². The van der Waals surface area contributed by atoms with Crippen LogP contribution in [0.3, 0.4) is 0 Å². The Bertz CT molecular complexity index is 442. The highest BCUT2D eigenvalue weighted by atomic mass is 127. The molecule has 0 atom stereocenters. The van der Waals surface area contributed by atoms with Gasteiger partial charge in [0.25, 0.3) is 0 Å². The Morgan fingerprint density at radius 3 is 3.08 bits per heavy atom. The molecule has 0 bridgehead atoms. The molecule has 0 spiro atoms. The Labute approximate surface area is 96.4 Å². The number of aromatic nitrogens is 3. The molecule has 0 amide bonds. The van der Waals surface area contributed by atoms with E-state index in [1.165, 1.54) is 0 Å². The van der Waals surface area contributed by atoms with Gasteiger partial charge in [-0.05, 0) is 38.5 Å². The van der Waals surface area contributed by atoms with Crippen LogP contribution in [0, 0.1) is 3.57 Å². The Morgan fingerprint density at radius 2 is 2.33 bits per heavy atom. The van der Waals surface area contributed by atoms with E-state index in [1.54, 1.807) is 10.2 Å². The van der Waals surface area contributed by atoms with Gasteiger partial charge in [-0.3, -0.25) is 3.97 Å². The van der Waals surface area contributed by atoms with E-state index in [2.05, 4.69) is 61.3 Å². The molecule has 0 unspecified atom stereocenters. The minimum absolute atomic E-state index is 0.743. The first kappa shape index (κ1) is 8.76. The summed E-state index contributed by atoms with van der Waals surface area (Å²) in [7, 11) is 0. The van der Waals surface area contributed by atoms with Gasteiger partial charge in [0.15, 0.2) is 5.65 Å². The average molecular weight is 356 g/mol. The smallest absolute Gasteiger partial charge is 0.169 e. The molecule has 0 saturated heterocycles. The zero-order valence-electron chi connectivity index (χ0n) is 5.70. The molecule has 3 nitrogen and oxygen atoms in total. The van der Waals surface area contributed by atoms with Gasteiger partial charge in [-0.1, -0.05) is 12.8 Å². The van der Waals surface area contributed by atoms with Crippen LogP contribution in [0.25, 0.3) is 11.2 Å². The lowest BCUT2D eigenvalue weighted by atomic mass is 10.5. The predicted molar refractivity (Wildman–Crippen MR) is 62.3 cm³/mol. The van der Waals surface area contributed by atoms with Crippen molar-refractivity contribution in [3.05, 3.63) is 20.6 Å². The molecule has 2 heterocycles. The minimum Gasteiger partial charge on any atom is -0.275 e. The van der Waals surface area contributed by atoms with Crippen molar-refractivity contribution >= 4 is 62.5 Å². The van der Waals surface area contributed by atoms with E-state index in [9.17, 15) is 0 Å². The maximum atomic E-state index is 4.27. The normalized spacial score (nSPS) is 10.9. The van der Waals surface area contributed by atoms with Gasteiger partial charge in [-0.25, -0.2) is 9.97 Å². The standard InChI is InChI=1S/C6H3BrIN3S/c7-4-1-9-6-5(10-4)3(8)2-11(6)12/h1-2,12H. The third-order valence-electron chi connectivity index (χ3n) is 1.40. The molecule has 0 N–H and O–H groups in total. The van der Waals surface area contributed by atoms with Crippen molar-refractivity contribution in [3.8, 4) is 0 Å². The van der Waals surface area contributed by atoms with Crippen LogP contribution in [0.15, 0.2) is 17.0 Å². The van der Waals surface area contributed by atoms with E-state index in [1.807, 2.05) is 6.20 Å². The zero-order valence-corrected chi connectivity index (χ0v) is 10.3. The molecule has 0 aliphatic carbocycles. The summed E-state index contributed by atoms with van der Waals surface area (Å²) in [6, 6.07) is 0. The number of hydrogen-bond donors (Lipinski definition) is 1. The van der Waals surface area contributed by atoms with Crippen LogP contribution in [0.1, 0.15) is 0 Å². The fraction of sp³-hybridized carbons (Fsp3) is 0. The fourth-order valence-corrected chi connectivity index (χ4v) is 2.32. The van der Waals surface area contributed by atoms with E-state index >= 15 is 0 Å². The van der Waals surface area contributed by atoms with Crippen LogP contribution in [-0.2, 0) is 0 Å². The molecule has 2 rings (SSSR count). The van der Waals surface area contributed by atoms with Crippen molar-refractivity contribution in [2.45, 2.75) is 0 Å². The van der Waals surface area contributed by atoms with Crippen LogP contribution < -0.4 is 0 Å². The van der Waals surface area contributed by atoms with Crippen LogP contribution in [0.2, 0.25) is 0 Å². The van der Waals surface area contributed by atoms with Crippen LogP contribution in [0.5, 0.6) is 0 Å². The van der Waals surface area contributed by atoms with Gasteiger partial charge in [0, 0.05) is 6.20 Å². The first-order chi connectivity index (χ1) is 5.68. The Morgan fingerprint density at radius 1 is 1.58 bits per heavy atom. The molecule has 0 aliphatic heterocycles. The van der Waals surface area contributed by atoms with E-state index < -0.39 is 0 Å². The summed E-state index contributed by atoms with van der Waals surface area (Å²) in [6.07, 6.45) is 3.53. The van der Waals surface area contributed by atoms with E-state index in [0.29, 0.717) is 0 Å². The highest BCUT2D eigenvalue weighted by Gasteiger charge is 2.06. The molecule has 0 radical (unpaired) electrons. The number of thiol groups is 1. The number of nitrogens with zero attached hydrogens (tertiary/aromatic N) is 3. The lowest BCUT2D eigenvalue weighted by molar-refractivity contribution is 1.21. The molecule has 2 aromatic heterocycles. The first-order valence-electron chi connectivity index (χ1n) is 3.07. The highest BCUT2D eigenvalue weighted by Crippen LogP contribution is 2.21. The summed E-state index contributed by atoms with van der Waals surface area (Å²) >= 11 is 9.67. The van der Waals surface area contributed by atoms with Crippen LogP contribution >= 0.6 is 51.3 Å². The second kappa shape index (κ2) is 3.15. The Balaban J connectivity index is 2.90. The lowest BCUT2D eigenvalue weighted by Gasteiger charge is -1.92. The molecular weight excluding hydrogens is 353 g/mol. The third-order valence-corrected chi connectivity index (χ3v) is 2.88. The van der Waals surface area contributed by atoms with Crippen LogP contribution in [-0.4, -0.2) is 13.9 Å². The van der Waals surface area contributed by atoms with E-state index in [4.69, 9.17) is 0 Å². The third kappa shape index (κ3) is 1.35. The Kier molecular flexibility index (Phi) is 2.30. The topological polar surface area (TPSA) is 30.7 Å². The maximum absolute atomic E-state index is 4.27. The van der Waals surface area contributed by atoms with Crippen molar-refractivity contribution < 1.29 is 0 Å². The van der Waals surface area contributed by atoms with Gasteiger partial charge < -0.3 is 0 Å². The summed E-state index contributed by atoms with van der Waals surface area (Å²) in [5.74, 6) is 0. The SMILES string of the molecule is Sn1cc(I)c2nc(Br)cnc21.